The minimum atomic E-state index is -3.74. The second-order valence-corrected chi connectivity index (χ2v) is 9.85. The fourth-order valence-corrected chi connectivity index (χ4v) is 4.97. The van der Waals surface area contributed by atoms with Crippen LogP contribution in [-0.2, 0) is 19.6 Å². The van der Waals surface area contributed by atoms with Crippen molar-refractivity contribution < 1.29 is 22.7 Å². The molecular formula is C22H25ClN2O5S. The van der Waals surface area contributed by atoms with Crippen LogP contribution in [0.3, 0.4) is 0 Å². The van der Waals surface area contributed by atoms with Crippen LogP contribution in [-0.4, -0.2) is 43.8 Å². The van der Waals surface area contributed by atoms with Gasteiger partial charge in [-0.2, -0.15) is 4.31 Å². The van der Waals surface area contributed by atoms with Gasteiger partial charge in [-0.15, -0.1) is 0 Å². The molecule has 0 spiro atoms. The molecule has 1 heterocycles. The normalized spacial score (nSPS) is 15.8. The Morgan fingerprint density at radius 3 is 2.35 bits per heavy atom. The number of rotatable bonds is 6. The number of nitrogens with zero attached hydrogens (tertiary/aromatic N) is 1. The molecule has 3 rings (SSSR count). The van der Waals surface area contributed by atoms with E-state index in [1.165, 1.54) is 29.4 Å². The molecule has 0 aliphatic carbocycles. The van der Waals surface area contributed by atoms with Crippen molar-refractivity contribution in [3.05, 3.63) is 58.6 Å². The molecule has 0 saturated carbocycles. The van der Waals surface area contributed by atoms with E-state index in [4.69, 9.17) is 16.3 Å². The molecule has 31 heavy (non-hydrogen) atoms. The lowest BCUT2D eigenvalue weighted by Crippen LogP contribution is -2.35. The first-order valence-electron chi connectivity index (χ1n) is 10.1. The number of piperidine rings is 1. The van der Waals surface area contributed by atoms with Crippen molar-refractivity contribution in [2.75, 3.05) is 18.4 Å². The van der Waals surface area contributed by atoms with Gasteiger partial charge in [-0.3, -0.25) is 4.79 Å². The highest BCUT2D eigenvalue weighted by Crippen LogP contribution is 2.26. The van der Waals surface area contributed by atoms with Crippen LogP contribution in [0.15, 0.2) is 47.4 Å². The van der Waals surface area contributed by atoms with Crippen molar-refractivity contribution in [1.29, 1.82) is 0 Å². The molecule has 0 aromatic heterocycles. The lowest BCUT2D eigenvalue weighted by Gasteiger charge is -2.26. The quantitative estimate of drug-likeness (QED) is 0.652. The molecule has 0 radical (unpaired) electrons. The van der Waals surface area contributed by atoms with Crippen molar-refractivity contribution in [2.24, 2.45) is 0 Å². The second kappa shape index (κ2) is 9.80. The third kappa shape index (κ3) is 5.64. The summed E-state index contributed by atoms with van der Waals surface area (Å²) in [6.07, 6.45) is 1.49. The summed E-state index contributed by atoms with van der Waals surface area (Å²) in [7, 11) is -3.74. The third-order valence-electron chi connectivity index (χ3n) is 5.08. The summed E-state index contributed by atoms with van der Waals surface area (Å²) in [5.41, 5.74) is 1.52. The van der Waals surface area contributed by atoms with E-state index in [-0.39, 0.29) is 15.5 Å². The molecule has 166 valence electrons. The molecule has 1 saturated heterocycles. The van der Waals surface area contributed by atoms with Gasteiger partial charge in [-0.05, 0) is 57.0 Å². The second-order valence-electron chi connectivity index (χ2n) is 7.51. The van der Waals surface area contributed by atoms with Crippen LogP contribution >= 0.6 is 11.6 Å². The number of amides is 1. The summed E-state index contributed by atoms with van der Waals surface area (Å²) in [6.45, 7) is 4.25. The summed E-state index contributed by atoms with van der Waals surface area (Å²) < 4.78 is 32.4. The predicted octanol–water partition coefficient (Wildman–Crippen LogP) is 4.01. The summed E-state index contributed by atoms with van der Waals surface area (Å²) >= 11 is 6.12. The van der Waals surface area contributed by atoms with Gasteiger partial charge < -0.3 is 10.1 Å². The van der Waals surface area contributed by atoms with Gasteiger partial charge in [0.1, 0.15) is 0 Å². The molecule has 0 bridgehead atoms. The number of ether oxygens (including phenoxy) is 1. The van der Waals surface area contributed by atoms with Gasteiger partial charge in [0, 0.05) is 18.8 Å². The van der Waals surface area contributed by atoms with E-state index in [1.54, 1.807) is 12.1 Å². The maximum atomic E-state index is 12.9. The largest absolute Gasteiger partial charge is 0.449 e. The maximum absolute atomic E-state index is 12.9. The molecule has 2 aromatic rings. The maximum Gasteiger partial charge on any atom is 0.340 e. The third-order valence-corrected chi connectivity index (χ3v) is 7.31. The van der Waals surface area contributed by atoms with Crippen LogP contribution < -0.4 is 5.32 Å². The van der Waals surface area contributed by atoms with Gasteiger partial charge >= 0.3 is 5.97 Å². The average Bonchev–Trinajstić information content (AvgIpc) is 2.76. The smallest absolute Gasteiger partial charge is 0.340 e. The number of carbonyl (C=O) groups is 2. The molecule has 9 heteroatoms. The number of esters is 1. The number of halogens is 1. The molecule has 1 aliphatic heterocycles. The van der Waals surface area contributed by atoms with E-state index in [2.05, 4.69) is 5.32 Å². The molecule has 0 unspecified atom stereocenters. The lowest BCUT2D eigenvalue weighted by molar-refractivity contribution is -0.123. The number of benzene rings is 2. The summed E-state index contributed by atoms with van der Waals surface area (Å²) in [5, 5.41) is 2.72. The summed E-state index contributed by atoms with van der Waals surface area (Å²) in [4.78, 5) is 25.0. The highest BCUT2D eigenvalue weighted by molar-refractivity contribution is 7.89. The summed E-state index contributed by atoms with van der Waals surface area (Å²) in [6, 6.07) is 11.1. The Balaban J connectivity index is 1.72. The van der Waals surface area contributed by atoms with Gasteiger partial charge in [0.2, 0.25) is 10.0 Å². The number of hydrogen-bond acceptors (Lipinski definition) is 5. The van der Waals surface area contributed by atoms with E-state index < -0.39 is 28.0 Å². The minimum absolute atomic E-state index is 0.0255. The van der Waals surface area contributed by atoms with E-state index in [0.717, 1.165) is 24.8 Å². The van der Waals surface area contributed by atoms with Crippen LogP contribution in [0.5, 0.6) is 0 Å². The number of sulfonamides is 1. The fourth-order valence-electron chi connectivity index (χ4n) is 3.23. The highest BCUT2D eigenvalue weighted by atomic mass is 35.5. The van der Waals surface area contributed by atoms with Crippen LogP contribution in [0.25, 0.3) is 0 Å². The van der Waals surface area contributed by atoms with Gasteiger partial charge in [0.25, 0.3) is 5.91 Å². The number of nitrogens with one attached hydrogen (secondary N) is 1. The molecular weight excluding hydrogens is 440 g/mol. The van der Waals surface area contributed by atoms with E-state index in [1.807, 2.05) is 19.1 Å². The van der Waals surface area contributed by atoms with Crippen LogP contribution in [0.4, 0.5) is 5.69 Å². The highest BCUT2D eigenvalue weighted by Gasteiger charge is 2.28. The number of anilines is 1. The first-order chi connectivity index (χ1) is 14.7. The fraction of sp³-hybridized carbons (Fsp3) is 0.364. The van der Waals surface area contributed by atoms with Crippen LogP contribution in [0.2, 0.25) is 5.02 Å². The van der Waals surface area contributed by atoms with Crippen molar-refractivity contribution >= 4 is 39.2 Å². The van der Waals surface area contributed by atoms with Crippen LogP contribution in [0, 0.1) is 6.92 Å². The Morgan fingerprint density at radius 1 is 1.06 bits per heavy atom. The molecule has 1 fully saturated rings. The zero-order valence-electron chi connectivity index (χ0n) is 17.4. The van der Waals surface area contributed by atoms with E-state index >= 15 is 0 Å². The Morgan fingerprint density at radius 2 is 1.71 bits per heavy atom. The summed E-state index contributed by atoms with van der Waals surface area (Å²) in [5.74, 6) is -1.38. The zero-order chi connectivity index (χ0) is 22.6. The topological polar surface area (TPSA) is 92.8 Å². The Labute approximate surface area is 187 Å². The molecule has 1 amide bonds. The minimum Gasteiger partial charge on any atom is -0.449 e. The Hall–Kier alpha value is -2.42. The molecule has 1 N–H and O–H groups in total. The van der Waals surface area contributed by atoms with E-state index in [0.29, 0.717) is 18.8 Å². The Kier molecular flexibility index (Phi) is 7.35. The van der Waals surface area contributed by atoms with Gasteiger partial charge in [-0.25, -0.2) is 13.2 Å². The number of hydrogen-bond donors (Lipinski definition) is 1. The number of carbonyl (C=O) groups excluding carboxylic acids is 2. The van der Waals surface area contributed by atoms with Crippen molar-refractivity contribution in [3.63, 3.8) is 0 Å². The lowest BCUT2D eigenvalue weighted by atomic mass is 10.2. The molecule has 7 nitrogen and oxygen atoms in total. The first kappa shape index (κ1) is 23.2. The standard InChI is InChI=1S/C22H25ClN2O5S/c1-15-6-8-17(9-7-15)24-21(26)16(2)30-22(27)19-14-18(10-11-20(19)23)31(28,29)25-12-4-3-5-13-25/h6-11,14,16H,3-5,12-13H2,1-2H3,(H,24,26)/t16-/m1/s1. The SMILES string of the molecule is Cc1ccc(NC(=O)[C@@H](C)OC(=O)c2cc(S(=O)(=O)N3CCCCC3)ccc2Cl)cc1. The van der Waals surface area contributed by atoms with Crippen molar-refractivity contribution in [1.82, 2.24) is 4.31 Å². The average molecular weight is 465 g/mol. The van der Waals surface area contributed by atoms with Gasteiger partial charge in [0.15, 0.2) is 6.10 Å². The van der Waals surface area contributed by atoms with Crippen molar-refractivity contribution in [3.8, 4) is 0 Å². The van der Waals surface area contributed by atoms with Gasteiger partial charge in [0.05, 0.1) is 15.5 Å². The van der Waals surface area contributed by atoms with Gasteiger partial charge in [-0.1, -0.05) is 35.7 Å². The molecule has 1 aliphatic rings. The van der Waals surface area contributed by atoms with E-state index in [9.17, 15) is 18.0 Å². The predicted molar refractivity (Wildman–Crippen MR) is 119 cm³/mol. The van der Waals surface area contributed by atoms with Crippen molar-refractivity contribution in [2.45, 2.75) is 44.1 Å². The first-order valence-corrected chi connectivity index (χ1v) is 11.9. The number of aryl methyl sites for hydroxylation is 1. The zero-order valence-corrected chi connectivity index (χ0v) is 19.0. The monoisotopic (exact) mass is 464 g/mol. The van der Waals surface area contributed by atoms with Crippen LogP contribution in [0.1, 0.15) is 42.1 Å². The Bertz CT molecular complexity index is 1060. The molecule has 2 aromatic carbocycles. The molecule has 1 atom stereocenters.